The summed E-state index contributed by atoms with van der Waals surface area (Å²) >= 11 is 11.5. The fourth-order valence-electron chi connectivity index (χ4n) is 2.15. The van der Waals surface area contributed by atoms with E-state index >= 15 is 0 Å². The van der Waals surface area contributed by atoms with Gasteiger partial charge in [0.2, 0.25) is 0 Å². The number of aromatic nitrogens is 1. The third kappa shape index (κ3) is 2.60. The Hall–Kier alpha value is -0.840. The second-order valence-corrected chi connectivity index (χ2v) is 5.40. The van der Waals surface area contributed by atoms with Crippen LogP contribution in [0.4, 0.5) is 0 Å². The molecule has 1 amide bonds. The average molecular weight is 289 g/mol. The van der Waals surface area contributed by atoms with Crippen LogP contribution < -0.4 is 0 Å². The van der Waals surface area contributed by atoms with Crippen LogP contribution in [0, 0.1) is 0 Å². The molecular weight excluding hydrogens is 275 g/mol. The molecule has 6 heteroatoms. The summed E-state index contributed by atoms with van der Waals surface area (Å²) in [6.45, 7) is 2.73. The maximum atomic E-state index is 12.1. The number of nitrogens with zero attached hydrogens (tertiary/aromatic N) is 2. The van der Waals surface area contributed by atoms with E-state index in [-0.39, 0.29) is 16.1 Å². The Morgan fingerprint density at radius 1 is 1.56 bits per heavy atom. The zero-order valence-corrected chi connectivity index (χ0v) is 11.5. The lowest BCUT2D eigenvalue weighted by molar-refractivity contribution is -0.0860. The molecule has 1 aliphatic heterocycles. The number of carbonyl (C=O) groups is 1. The SMILES string of the molecule is CCCC1(O)CN(C(=O)c2cnc(Cl)c(Cl)c2)C1. The Morgan fingerprint density at radius 3 is 2.78 bits per heavy atom. The van der Waals surface area contributed by atoms with E-state index in [4.69, 9.17) is 23.2 Å². The Morgan fingerprint density at radius 2 is 2.22 bits per heavy atom. The lowest BCUT2D eigenvalue weighted by atomic mass is 9.89. The minimum atomic E-state index is -0.728. The summed E-state index contributed by atoms with van der Waals surface area (Å²) in [5.74, 6) is -0.179. The van der Waals surface area contributed by atoms with E-state index in [9.17, 15) is 9.90 Å². The van der Waals surface area contributed by atoms with Crippen LogP contribution >= 0.6 is 23.2 Å². The molecule has 0 bridgehead atoms. The number of amides is 1. The highest BCUT2D eigenvalue weighted by Gasteiger charge is 2.42. The third-order valence-electron chi connectivity index (χ3n) is 3.02. The summed E-state index contributed by atoms with van der Waals surface area (Å²) in [6.07, 6.45) is 3.00. The van der Waals surface area contributed by atoms with Gasteiger partial charge in [-0.25, -0.2) is 4.98 Å². The van der Waals surface area contributed by atoms with E-state index in [1.165, 1.54) is 12.3 Å². The van der Waals surface area contributed by atoms with Crippen molar-refractivity contribution in [2.24, 2.45) is 0 Å². The molecule has 98 valence electrons. The quantitative estimate of drug-likeness (QED) is 0.869. The van der Waals surface area contributed by atoms with Crippen LogP contribution in [0.15, 0.2) is 12.3 Å². The number of β-amino-alcohol motifs (C(OH)–C–C–N with tert-alkyl or cyclic N) is 1. The molecule has 1 aliphatic rings. The number of hydrogen-bond donors (Lipinski definition) is 1. The van der Waals surface area contributed by atoms with Crippen molar-refractivity contribution < 1.29 is 9.90 Å². The van der Waals surface area contributed by atoms with Crippen molar-refractivity contribution in [3.8, 4) is 0 Å². The van der Waals surface area contributed by atoms with Crippen molar-refractivity contribution in [2.75, 3.05) is 13.1 Å². The summed E-state index contributed by atoms with van der Waals surface area (Å²) in [6, 6.07) is 1.50. The van der Waals surface area contributed by atoms with Crippen LogP contribution in [0.25, 0.3) is 0 Å². The standard InChI is InChI=1S/C12H14Cl2N2O2/c1-2-3-12(18)6-16(7-12)11(17)8-4-9(13)10(14)15-5-8/h4-5,18H,2-3,6-7H2,1H3. The first-order chi connectivity index (χ1) is 8.45. The predicted octanol–water partition coefficient (Wildman–Crippen LogP) is 2.38. The average Bonchev–Trinajstić information content (AvgIpc) is 2.29. The van der Waals surface area contributed by atoms with E-state index in [1.54, 1.807) is 4.90 Å². The summed E-state index contributed by atoms with van der Waals surface area (Å²) in [4.78, 5) is 17.5. The first-order valence-corrected chi connectivity index (χ1v) is 6.53. The number of aliphatic hydroxyl groups is 1. The first kappa shape index (κ1) is 13.6. The van der Waals surface area contributed by atoms with Crippen molar-refractivity contribution in [1.82, 2.24) is 9.88 Å². The molecule has 2 rings (SSSR count). The van der Waals surface area contributed by atoms with Gasteiger partial charge in [0.15, 0.2) is 0 Å². The van der Waals surface area contributed by atoms with Gasteiger partial charge in [-0.05, 0) is 12.5 Å². The monoisotopic (exact) mass is 288 g/mol. The van der Waals surface area contributed by atoms with Crippen molar-refractivity contribution in [1.29, 1.82) is 0 Å². The van der Waals surface area contributed by atoms with Gasteiger partial charge in [0.1, 0.15) is 5.15 Å². The van der Waals surface area contributed by atoms with Gasteiger partial charge >= 0.3 is 0 Å². The molecule has 0 spiro atoms. The van der Waals surface area contributed by atoms with Crippen LogP contribution in [0.2, 0.25) is 10.2 Å². The molecule has 2 heterocycles. The van der Waals surface area contributed by atoms with E-state index in [0.717, 1.165) is 6.42 Å². The van der Waals surface area contributed by atoms with Crippen molar-refractivity contribution in [2.45, 2.75) is 25.4 Å². The molecule has 4 nitrogen and oxygen atoms in total. The molecule has 1 aromatic rings. The maximum Gasteiger partial charge on any atom is 0.255 e. The number of hydrogen-bond acceptors (Lipinski definition) is 3. The van der Waals surface area contributed by atoms with E-state index in [1.807, 2.05) is 6.92 Å². The number of carbonyl (C=O) groups excluding carboxylic acids is 1. The fourth-order valence-corrected chi connectivity index (χ4v) is 2.42. The minimum absolute atomic E-state index is 0.179. The Labute approximate surface area is 116 Å². The number of pyridine rings is 1. The highest BCUT2D eigenvalue weighted by Crippen LogP contribution is 2.28. The molecule has 0 radical (unpaired) electrons. The molecular formula is C12H14Cl2N2O2. The summed E-state index contributed by atoms with van der Waals surface area (Å²) in [5.41, 5.74) is -0.336. The van der Waals surface area contributed by atoms with Crippen molar-refractivity contribution in [3.05, 3.63) is 28.0 Å². The zero-order chi connectivity index (χ0) is 13.3. The van der Waals surface area contributed by atoms with Crippen LogP contribution in [0.3, 0.4) is 0 Å². The van der Waals surface area contributed by atoms with Gasteiger partial charge in [-0.1, -0.05) is 36.5 Å². The molecule has 1 aromatic heterocycles. The van der Waals surface area contributed by atoms with Crippen LogP contribution in [0.5, 0.6) is 0 Å². The highest BCUT2D eigenvalue weighted by atomic mass is 35.5. The van der Waals surface area contributed by atoms with E-state index < -0.39 is 5.60 Å². The summed E-state index contributed by atoms with van der Waals surface area (Å²) < 4.78 is 0. The Kier molecular flexibility index (Phi) is 3.80. The molecule has 0 aromatic carbocycles. The predicted molar refractivity (Wildman–Crippen MR) is 70.0 cm³/mol. The van der Waals surface area contributed by atoms with Crippen LogP contribution in [-0.4, -0.2) is 39.6 Å². The zero-order valence-electron chi connectivity index (χ0n) is 9.99. The van der Waals surface area contributed by atoms with Gasteiger partial charge in [0.05, 0.1) is 29.3 Å². The van der Waals surface area contributed by atoms with Gasteiger partial charge in [-0.15, -0.1) is 0 Å². The van der Waals surface area contributed by atoms with Crippen molar-refractivity contribution >= 4 is 29.1 Å². The molecule has 0 atom stereocenters. The minimum Gasteiger partial charge on any atom is -0.386 e. The van der Waals surface area contributed by atoms with Crippen molar-refractivity contribution in [3.63, 3.8) is 0 Å². The smallest absolute Gasteiger partial charge is 0.255 e. The van der Waals surface area contributed by atoms with E-state index in [2.05, 4.69) is 4.98 Å². The molecule has 0 saturated carbocycles. The van der Waals surface area contributed by atoms with Crippen LogP contribution in [0.1, 0.15) is 30.1 Å². The molecule has 0 unspecified atom stereocenters. The van der Waals surface area contributed by atoms with Gasteiger partial charge in [-0.3, -0.25) is 4.79 Å². The highest BCUT2D eigenvalue weighted by molar-refractivity contribution is 6.41. The second kappa shape index (κ2) is 5.03. The third-order valence-corrected chi connectivity index (χ3v) is 3.70. The number of rotatable bonds is 3. The van der Waals surface area contributed by atoms with Gasteiger partial charge in [-0.2, -0.15) is 0 Å². The fraction of sp³-hybridized carbons (Fsp3) is 0.500. The first-order valence-electron chi connectivity index (χ1n) is 5.78. The molecule has 18 heavy (non-hydrogen) atoms. The van der Waals surface area contributed by atoms with Gasteiger partial charge < -0.3 is 10.0 Å². The molecule has 0 aliphatic carbocycles. The van der Waals surface area contributed by atoms with Crippen LogP contribution in [-0.2, 0) is 0 Å². The number of likely N-dealkylation sites (tertiary alicyclic amines) is 1. The summed E-state index contributed by atoms with van der Waals surface area (Å²) in [5, 5.41) is 10.5. The second-order valence-electron chi connectivity index (χ2n) is 4.63. The lowest BCUT2D eigenvalue weighted by Gasteiger charge is -2.46. The molecule has 1 N–H and O–H groups in total. The Balaban J connectivity index is 2.03. The largest absolute Gasteiger partial charge is 0.386 e. The lowest BCUT2D eigenvalue weighted by Crippen LogP contribution is -2.63. The van der Waals surface area contributed by atoms with Gasteiger partial charge in [0.25, 0.3) is 5.91 Å². The molecule has 1 saturated heterocycles. The van der Waals surface area contributed by atoms with Gasteiger partial charge in [0, 0.05) is 6.20 Å². The Bertz CT molecular complexity index is 473. The number of halogens is 2. The van der Waals surface area contributed by atoms with E-state index in [0.29, 0.717) is 25.1 Å². The normalized spacial score (nSPS) is 17.4. The maximum absolute atomic E-state index is 12.1. The molecule has 1 fully saturated rings. The topological polar surface area (TPSA) is 53.4 Å². The summed E-state index contributed by atoms with van der Waals surface area (Å²) in [7, 11) is 0.